The van der Waals surface area contributed by atoms with E-state index < -0.39 is 11.7 Å². The molecule has 1 unspecified atom stereocenters. The van der Waals surface area contributed by atoms with Crippen molar-refractivity contribution in [1.29, 1.82) is 0 Å². The molecule has 0 amide bonds. The van der Waals surface area contributed by atoms with Crippen LogP contribution in [-0.2, 0) is 6.54 Å². The maximum Gasteiger partial charge on any atom is 0.417 e. The summed E-state index contributed by atoms with van der Waals surface area (Å²) in [5, 5.41) is 0. The van der Waals surface area contributed by atoms with Gasteiger partial charge in [0.2, 0.25) is 0 Å². The van der Waals surface area contributed by atoms with E-state index in [-0.39, 0.29) is 0 Å². The summed E-state index contributed by atoms with van der Waals surface area (Å²) in [6.45, 7) is 8.46. The van der Waals surface area contributed by atoms with Gasteiger partial charge in [-0.25, -0.2) is 0 Å². The number of hydrogen-bond donors (Lipinski definition) is 0. The van der Waals surface area contributed by atoms with Gasteiger partial charge in [0.1, 0.15) is 0 Å². The van der Waals surface area contributed by atoms with Crippen molar-refractivity contribution < 1.29 is 13.2 Å². The molecule has 2 rings (SSSR count). The van der Waals surface area contributed by atoms with E-state index in [1.165, 1.54) is 16.5 Å². The third-order valence-electron chi connectivity index (χ3n) is 3.96. The minimum Gasteiger partial charge on any atom is -0.343 e. The highest BCUT2D eigenvalue weighted by atomic mass is 19.4. The van der Waals surface area contributed by atoms with Crippen LogP contribution in [0.2, 0.25) is 0 Å². The van der Waals surface area contributed by atoms with Crippen LogP contribution in [0.25, 0.3) is 0 Å². The van der Waals surface area contributed by atoms with Crippen LogP contribution in [0.15, 0.2) is 60.5 Å². The summed E-state index contributed by atoms with van der Waals surface area (Å²) in [7, 11) is 0. The summed E-state index contributed by atoms with van der Waals surface area (Å²) in [6.07, 6.45) is 0.298. The topological polar surface area (TPSA) is 3.24 Å². The van der Waals surface area contributed by atoms with Crippen molar-refractivity contribution in [2.45, 2.75) is 38.9 Å². The molecule has 118 valence electrons. The fourth-order valence-electron chi connectivity index (χ4n) is 2.27. The third-order valence-corrected chi connectivity index (χ3v) is 3.96. The highest BCUT2D eigenvalue weighted by Crippen LogP contribution is 2.31. The predicted molar refractivity (Wildman–Crippen MR) is 83.1 cm³/mol. The van der Waals surface area contributed by atoms with Crippen molar-refractivity contribution in [3.05, 3.63) is 71.6 Å². The molecule has 0 saturated carbocycles. The van der Waals surface area contributed by atoms with Gasteiger partial charge in [-0.2, -0.15) is 13.2 Å². The normalized spacial score (nSPS) is 16.7. The first-order valence-electron chi connectivity index (χ1n) is 7.32. The lowest BCUT2D eigenvalue weighted by atomic mass is 9.97. The van der Waals surface area contributed by atoms with E-state index in [2.05, 4.69) is 20.4 Å². The first-order valence-corrected chi connectivity index (χ1v) is 7.32. The van der Waals surface area contributed by atoms with E-state index >= 15 is 0 Å². The molecule has 1 aromatic carbocycles. The fraction of sp³-hybridized carbons (Fsp3) is 0.333. The lowest BCUT2D eigenvalue weighted by Crippen LogP contribution is -2.22. The smallest absolute Gasteiger partial charge is 0.343 e. The quantitative estimate of drug-likeness (QED) is 0.706. The van der Waals surface area contributed by atoms with Crippen molar-refractivity contribution >= 4 is 0 Å². The van der Waals surface area contributed by atoms with Gasteiger partial charge in [0.05, 0.1) is 5.57 Å². The van der Waals surface area contributed by atoms with E-state index in [1.54, 1.807) is 0 Å². The zero-order valence-electron chi connectivity index (χ0n) is 12.8. The summed E-state index contributed by atoms with van der Waals surface area (Å²) in [6, 6.07) is 8.02. The highest BCUT2D eigenvalue weighted by Gasteiger charge is 2.33. The van der Waals surface area contributed by atoms with Crippen LogP contribution in [0.4, 0.5) is 13.2 Å². The van der Waals surface area contributed by atoms with Crippen molar-refractivity contribution in [3.63, 3.8) is 0 Å². The number of alkyl halides is 3. The van der Waals surface area contributed by atoms with Crippen molar-refractivity contribution in [2.24, 2.45) is 0 Å². The summed E-state index contributed by atoms with van der Waals surface area (Å²) in [4.78, 5) is 1.53. The summed E-state index contributed by atoms with van der Waals surface area (Å²) in [5.41, 5.74) is 2.10. The van der Waals surface area contributed by atoms with Gasteiger partial charge in [0, 0.05) is 18.4 Å². The molecular formula is C18H20F3N. The zero-order chi connectivity index (χ0) is 16.3. The molecule has 0 aromatic heterocycles. The van der Waals surface area contributed by atoms with Gasteiger partial charge in [-0.05, 0) is 35.6 Å². The Labute approximate surface area is 129 Å². The molecule has 1 aliphatic heterocycles. The first-order chi connectivity index (χ1) is 10.3. The lowest BCUT2D eigenvalue weighted by Gasteiger charge is -2.26. The van der Waals surface area contributed by atoms with Gasteiger partial charge in [-0.15, -0.1) is 0 Å². The summed E-state index contributed by atoms with van der Waals surface area (Å²) >= 11 is 0. The Morgan fingerprint density at radius 1 is 1.14 bits per heavy atom. The molecule has 22 heavy (non-hydrogen) atoms. The molecule has 1 nitrogen and oxygen atoms in total. The van der Waals surface area contributed by atoms with Gasteiger partial charge in [0.15, 0.2) is 0 Å². The van der Waals surface area contributed by atoms with E-state index in [0.29, 0.717) is 18.2 Å². The summed E-state index contributed by atoms with van der Waals surface area (Å²) < 4.78 is 38.4. The van der Waals surface area contributed by atoms with E-state index in [9.17, 15) is 13.2 Å². The SMILES string of the molecule is C=C1C=CC(C(F)(F)F)=CN1Cc1ccc(C(C)CC)cc1. The minimum atomic E-state index is -4.34. The lowest BCUT2D eigenvalue weighted by molar-refractivity contribution is -0.0893. The van der Waals surface area contributed by atoms with Crippen LogP contribution in [0, 0.1) is 0 Å². The standard InChI is InChI=1S/C18H20F3N/c1-4-13(2)16-8-6-15(7-9-16)11-22-12-17(18(19,20)21)10-5-14(22)3/h5-10,12-13H,3-4,11H2,1-2H3. The second-order valence-corrected chi connectivity index (χ2v) is 5.59. The Bertz CT molecular complexity index is 594. The monoisotopic (exact) mass is 307 g/mol. The molecule has 0 saturated heterocycles. The Morgan fingerprint density at radius 3 is 2.32 bits per heavy atom. The highest BCUT2D eigenvalue weighted by molar-refractivity contribution is 5.36. The number of benzene rings is 1. The second kappa shape index (κ2) is 6.42. The zero-order valence-corrected chi connectivity index (χ0v) is 12.8. The molecule has 1 aromatic rings. The molecule has 1 aliphatic rings. The van der Waals surface area contributed by atoms with E-state index in [1.807, 2.05) is 24.3 Å². The molecule has 0 N–H and O–H groups in total. The molecule has 0 spiro atoms. The molecule has 0 radical (unpaired) electrons. The Balaban J connectivity index is 2.14. The van der Waals surface area contributed by atoms with Crippen LogP contribution in [-0.4, -0.2) is 11.1 Å². The molecule has 0 fully saturated rings. The molecule has 0 bridgehead atoms. The number of hydrogen-bond acceptors (Lipinski definition) is 1. The average molecular weight is 307 g/mol. The Kier molecular flexibility index (Phi) is 4.79. The maximum atomic E-state index is 12.8. The van der Waals surface area contributed by atoms with Crippen LogP contribution >= 0.6 is 0 Å². The number of rotatable bonds is 4. The largest absolute Gasteiger partial charge is 0.417 e. The fourth-order valence-corrected chi connectivity index (χ4v) is 2.27. The molecular weight excluding hydrogens is 287 g/mol. The van der Waals surface area contributed by atoms with Crippen LogP contribution < -0.4 is 0 Å². The van der Waals surface area contributed by atoms with Gasteiger partial charge in [-0.3, -0.25) is 0 Å². The molecule has 1 heterocycles. The van der Waals surface area contributed by atoms with Gasteiger partial charge < -0.3 is 4.90 Å². The molecule has 0 aliphatic carbocycles. The minimum absolute atomic E-state index is 0.379. The van der Waals surface area contributed by atoms with Crippen molar-refractivity contribution in [2.75, 3.05) is 0 Å². The van der Waals surface area contributed by atoms with Crippen LogP contribution in [0.3, 0.4) is 0 Å². The maximum absolute atomic E-state index is 12.8. The second-order valence-electron chi connectivity index (χ2n) is 5.59. The van der Waals surface area contributed by atoms with Gasteiger partial charge in [0.25, 0.3) is 0 Å². The first kappa shape index (κ1) is 16.4. The predicted octanol–water partition coefficient (Wildman–Crippen LogP) is 5.53. The average Bonchev–Trinajstić information content (AvgIpc) is 2.48. The van der Waals surface area contributed by atoms with Crippen molar-refractivity contribution in [3.8, 4) is 0 Å². The molecule has 4 heteroatoms. The molecule has 1 atom stereocenters. The van der Waals surface area contributed by atoms with Gasteiger partial charge in [-0.1, -0.05) is 44.7 Å². The van der Waals surface area contributed by atoms with Gasteiger partial charge >= 0.3 is 6.18 Å². The Hall–Kier alpha value is -1.97. The number of halogens is 3. The van der Waals surface area contributed by atoms with E-state index in [0.717, 1.165) is 24.3 Å². The van der Waals surface area contributed by atoms with Crippen LogP contribution in [0.5, 0.6) is 0 Å². The van der Waals surface area contributed by atoms with Crippen molar-refractivity contribution in [1.82, 2.24) is 4.90 Å². The summed E-state index contributed by atoms with van der Waals surface area (Å²) in [5.74, 6) is 0.485. The van der Waals surface area contributed by atoms with E-state index in [4.69, 9.17) is 0 Å². The van der Waals surface area contributed by atoms with Crippen LogP contribution in [0.1, 0.15) is 37.3 Å². The Morgan fingerprint density at radius 2 is 1.77 bits per heavy atom. The third kappa shape index (κ3) is 3.81. The number of nitrogens with zero attached hydrogens (tertiary/aromatic N) is 1. The number of allylic oxidation sites excluding steroid dienone is 3.